The lowest BCUT2D eigenvalue weighted by Crippen LogP contribution is -2.08. The number of halogens is 1. The van der Waals surface area contributed by atoms with E-state index >= 15 is 0 Å². The van der Waals surface area contributed by atoms with Crippen molar-refractivity contribution in [3.8, 4) is 11.5 Å². The van der Waals surface area contributed by atoms with E-state index in [1.54, 1.807) is 7.11 Å². The van der Waals surface area contributed by atoms with Gasteiger partial charge < -0.3 is 14.6 Å². The molecule has 0 aliphatic rings. The van der Waals surface area contributed by atoms with Crippen LogP contribution in [0.1, 0.15) is 38.9 Å². The van der Waals surface area contributed by atoms with Gasteiger partial charge in [0.2, 0.25) is 0 Å². The van der Waals surface area contributed by atoms with Gasteiger partial charge in [0, 0.05) is 3.57 Å². The summed E-state index contributed by atoms with van der Waals surface area (Å²) >= 11 is 2.20. The number of rotatable bonds is 5. The van der Waals surface area contributed by atoms with Crippen LogP contribution in [0.15, 0.2) is 12.1 Å². The summed E-state index contributed by atoms with van der Waals surface area (Å²) in [7, 11) is 1.62. The zero-order chi connectivity index (χ0) is 13.0. The Labute approximate surface area is 116 Å². The highest BCUT2D eigenvalue weighted by Crippen LogP contribution is 2.35. The quantitative estimate of drug-likeness (QED) is 0.826. The normalized spacial score (nSPS) is 12.6. The second-order valence-electron chi connectivity index (χ2n) is 4.12. The van der Waals surface area contributed by atoms with Crippen LogP contribution in [0.25, 0.3) is 0 Å². The Morgan fingerprint density at radius 2 is 1.94 bits per heavy atom. The van der Waals surface area contributed by atoms with Gasteiger partial charge in [-0.1, -0.05) is 6.92 Å². The number of hydrogen-bond acceptors (Lipinski definition) is 3. The molecule has 4 heteroatoms. The van der Waals surface area contributed by atoms with Crippen LogP contribution in [0, 0.1) is 3.57 Å². The van der Waals surface area contributed by atoms with Crippen molar-refractivity contribution in [1.82, 2.24) is 0 Å². The van der Waals surface area contributed by atoms with Crippen LogP contribution in [0.5, 0.6) is 11.5 Å². The minimum atomic E-state index is -0.456. The Balaban J connectivity index is 3.17. The Kier molecular flexibility index (Phi) is 5.52. The van der Waals surface area contributed by atoms with E-state index in [0.717, 1.165) is 9.13 Å². The fourth-order valence-electron chi connectivity index (χ4n) is 1.53. The van der Waals surface area contributed by atoms with Crippen LogP contribution in [0.4, 0.5) is 0 Å². The van der Waals surface area contributed by atoms with E-state index < -0.39 is 6.10 Å². The first-order valence-electron chi connectivity index (χ1n) is 5.71. The van der Waals surface area contributed by atoms with Gasteiger partial charge in [-0.2, -0.15) is 0 Å². The average molecular weight is 350 g/mol. The molecule has 96 valence electrons. The molecule has 0 aromatic heterocycles. The van der Waals surface area contributed by atoms with Gasteiger partial charge in [-0.05, 0) is 60.6 Å². The predicted octanol–water partition coefficient (Wildman–Crippen LogP) is 3.53. The third-order valence-electron chi connectivity index (χ3n) is 2.39. The first kappa shape index (κ1) is 14.6. The molecule has 1 aromatic rings. The first-order valence-corrected chi connectivity index (χ1v) is 6.79. The molecule has 0 heterocycles. The third-order valence-corrected chi connectivity index (χ3v) is 3.33. The fraction of sp³-hybridized carbons (Fsp3) is 0.538. The van der Waals surface area contributed by atoms with Gasteiger partial charge in [0.15, 0.2) is 11.5 Å². The zero-order valence-electron chi connectivity index (χ0n) is 10.7. The first-order chi connectivity index (χ1) is 7.99. The van der Waals surface area contributed by atoms with E-state index in [0.29, 0.717) is 17.9 Å². The Hall–Kier alpha value is -0.490. The van der Waals surface area contributed by atoms with E-state index in [1.165, 1.54) is 0 Å². The van der Waals surface area contributed by atoms with E-state index in [-0.39, 0.29) is 6.10 Å². The number of aliphatic hydroxyl groups excluding tert-OH is 1. The molecule has 0 bridgehead atoms. The number of methoxy groups -OCH3 is 1. The maximum Gasteiger partial charge on any atom is 0.161 e. The van der Waals surface area contributed by atoms with Gasteiger partial charge in [0.25, 0.3) is 0 Å². The molecule has 0 radical (unpaired) electrons. The van der Waals surface area contributed by atoms with Gasteiger partial charge in [-0.15, -0.1) is 0 Å². The second kappa shape index (κ2) is 6.44. The van der Waals surface area contributed by atoms with E-state index in [1.807, 2.05) is 32.9 Å². The molecule has 0 fully saturated rings. The molecule has 3 nitrogen and oxygen atoms in total. The lowest BCUT2D eigenvalue weighted by atomic mass is 10.1. The number of benzene rings is 1. The van der Waals surface area contributed by atoms with Gasteiger partial charge >= 0.3 is 0 Å². The standard InChI is InChI=1S/C13H19IO3/c1-5-11(15)9-6-13(17-8(2)3)12(16-4)7-10(9)14/h6-8,11,15H,5H2,1-4H3. The van der Waals surface area contributed by atoms with Gasteiger partial charge in [0.05, 0.1) is 19.3 Å². The second-order valence-corrected chi connectivity index (χ2v) is 5.28. The van der Waals surface area contributed by atoms with E-state index in [2.05, 4.69) is 22.6 Å². The average Bonchev–Trinajstić information content (AvgIpc) is 2.29. The minimum Gasteiger partial charge on any atom is -0.493 e. The molecular formula is C13H19IO3. The molecule has 0 saturated heterocycles. The van der Waals surface area contributed by atoms with E-state index in [9.17, 15) is 5.11 Å². The van der Waals surface area contributed by atoms with Crippen LogP contribution in [0.2, 0.25) is 0 Å². The highest BCUT2D eigenvalue weighted by Gasteiger charge is 2.15. The molecule has 1 unspecified atom stereocenters. The molecule has 1 rings (SSSR count). The molecule has 0 spiro atoms. The van der Waals surface area contributed by atoms with Crippen LogP contribution < -0.4 is 9.47 Å². The summed E-state index contributed by atoms with van der Waals surface area (Å²) in [6, 6.07) is 3.77. The molecule has 1 aromatic carbocycles. The monoisotopic (exact) mass is 350 g/mol. The van der Waals surface area contributed by atoms with Crippen LogP contribution in [0.3, 0.4) is 0 Å². The molecule has 1 N–H and O–H groups in total. The molecule has 1 atom stereocenters. The third kappa shape index (κ3) is 3.74. The zero-order valence-corrected chi connectivity index (χ0v) is 12.8. The maximum absolute atomic E-state index is 9.93. The van der Waals surface area contributed by atoms with Crippen LogP contribution >= 0.6 is 22.6 Å². The van der Waals surface area contributed by atoms with Crippen molar-refractivity contribution in [2.45, 2.75) is 39.4 Å². The van der Waals surface area contributed by atoms with Crippen molar-refractivity contribution in [2.24, 2.45) is 0 Å². The highest BCUT2D eigenvalue weighted by atomic mass is 127. The molecule has 0 amide bonds. The largest absolute Gasteiger partial charge is 0.493 e. The van der Waals surface area contributed by atoms with Crippen molar-refractivity contribution in [3.63, 3.8) is 0 Å². The molecular weight excluding hydrogens is 331 g/mol. The van der Waals surface area contributed by atoms with Crippen molar-refractivity contribution in [1.29, 1.82) is 0 Å². The van der Waals surface area contributed by atoms with Crippen LogP contribution in [-0.4, -0.2) is 18.3 Å². The SMILES string of the molecule is CCC(O)c1cc(OC(C)C)c(OC)cc1I. The number of hydrogen-bond donors (Lipinski definition) is 1. The smallest absolute Gasteiger partial charge is 0.161 e. The van der Waals surface area contributed by atoms with Crippen molar-refractivity contribution < 1.29 is 14.6 Å². The molecule has 0 aliphatic heterocycles. The summed E-state index contributed by atoms with van der Waals surface area (Å²) in [5.41, 5.74) is 0.893. The molecule has 0 aliphatic carbocycles. The summed E-state index contributed by atoms with van der Waals surface area (Å²) in [6.45, 7) is 5.88. The van der Waals surface area contributed by atoms with Crippen molar-refractivity contribution in [2.75, 3.05) is 7.11 Å². The Morgan fingerprint density at radius 3 is 2.41 bits per heavy atom. The minimum absolute atomic E-state index is 0.0792. The summed E-state index contributed by atoms with van der Waals surface area (Å²) in [5.74, 6) is 1.39. The summed E-state index contributed by atoms with van der Waals surface area (Å²) in [5, 5.41) is 9.93. The van der Waals surface area contributed by atoms with Gasteiger partial charge in [-0.25, -0.2) is 0 Å². The van der Waals surface area contributed by atoms with Crippen LogP contribution in [-0.2, 0) is 0 Å². The summed E-state index contributed by atoms with van der Waals surface area (Å²) < 4.78 is 12.0. The summed E-state index contributed by atoms with van der Waals surface area (Å²) in [4.78, 5) is 0. The molecule has 0 saturated carbocycles. The predicted molar refractivity (Wildman–Crippen MR) is 76.7 cm³/mol. The lowest BCUT2D eigenvalue weighted by molar-refractivity contribution is 0.171. The highest BCUT2D eigenvalue weighted by molar-refractivity contribution is 14.1. The Morgan fingerprint density at radius 1 is 1.29 bits per heavy atom. The lowest BCUT2D eigenvalue weighted by Gasteiger charge is -2.18. The molecule has 17 heavy (non-hydrogen) atoms. The fourth-order valence-corrected chi connectivity index (χ4v) is 2.33. The Bertz CT molecular complexity index is 377. The van der Waals surface area contributed by atoms with Gasteiger partial charge in [0.1, 0.15) is 0 Å². The summed E-state index contributed by atoms with van der Waals surface area (Å²) in [6.07, 6.45) is 0.307. The maximum atomic E-state index is 9.93. The van der Waals surface area contributed by atoms with Gasteiger partial charge in [-0.3, -0.25) is 0 Å². The van der Waals surface area contributed by atoms with Crippen molar-refractivity contribution >= 4 is 22.6 Å². The van der Waals surface area contributed by atoms with Crippen molar-refractivity contribution in [3.05, 3.63) is 21.3 Å². The van der Waals surface area contributed by atoms with E-state index in [4.69, 9.17) is 9.47 Å². The number of aliphatic hydroxyl groups is 1. The number of ether oxygens (including phenoxy) is 2. The topological polar surface area (TPSA) is 38.7 Å².